The Morgan fingerprint density at radius 1 is 1.22 bits per heavy atom. The van der Waals surface area contributed by atoms with Gasteiger partial charge in [-0.2, -0.15) is 0 Å². The van der Waals surface area contributed by atoms with Crippen molar-refractivity contribution in [2.24, 2.45) is 0 Å². The van der Waals surface area contributed by atoms with Crippen molar-refractivity contribution in [3.8, 4) is 5.75 Å². The summed E-state index contributed by atoms with van der Waals surface area (Å²) in [7, 11) is 0. The second-order valence-electron chi connectivity index (χ2n) is 5.58. The van der Waals surface area contributed by atoms with Gasteiger partial charge in [0.15, 0.2) is 6.61 Å². The van der Waals surface area contributed by atoms with E-state index in [4.69, 9.17) is 4.74 Å². The Kier molecular flexibility index (Phi) is 4.28. The van der Waals surface area contributed by atoms with Gasteiger partial charge < -0.3 is 14.6 Å². The molecule has 3 aromatic rings. The number of carbonyl (C=O) groups excluding carboxylic acids is 1. The van der Waals surface area contributed by atoms with Crippen LogP contribution < -0.4 is 10.1 Å². The third-order valence-electron chi connectivity index (χ3n) is 3.60. The fourth-order valence-electron chi connectivity index (χ4n) is 2.51. The van der Waals surface area contributed by atoms with E-state index in [0.717, 1.165) is 10.9 Å². The molecule has 2 heterocycles. The molecule has 2 aromatic heterocycles. The van der Waals surface area contributed by atoms with Gasteiger partial charge in [-0.15, -0.1) is 0 Å². The SMILES string of the molecule is CC(C)n1ccc2c(OCC(=O)Nc3ccncc3)cccc21. The smallest absolute Gasteiger partial charge is 0.262 e. The summed E-state index contributed by atoms with van der Waals surface area (Å²) in [5.41, 5.74) is 1.81. The Labute approximate surface area is 134 Å². The van der Waals surface area contributed by atoms with E-state index in [9.17, 15) is 4.79 Å². The van der Waals surface area contributed by atoms with Crippen molar-refractivity contribution in [2.45, 2.75) is 19.9 Å². The van der Waals surface area contributed by atoms with Gasteiger partial charge in [0, 0.05) is 35.7 Å². The summed E-state index contributed by atoms with van der Waals surface area (Å²) in [6, 6.07) is 11.7. The third kappa shape index (κ3) is 3.34. The second-order valence-corrected chi connectivity index (χ2v) is 5.58. The van der Waals surface area contributed by atoms with Crippen LogP contribution in [0.15, 0.2) is 55.0 Å². The van der Waals surface area contributed by atoms with Crippen LogP contribution >= 0.6 is 0 Å². The lowest BCUT2D eigenvalue weighted by molar-refractivity contribution is -0.118. The van der Waals surface area contributed by atoms with E-state index < -0.39 is 0 Å². The molecule has 0 aliphatic rings. The molecule has 1 N–H and O–H groups in total. The van der Waals surface area contributed by atoms with Crippen LogP contribution in [0.5, 0.6) is 5.75 Å². The normalized spacial score (nSPS) is 10.9. The highest BCUT2D eigenvalue weighted by molar-refractivity contribution is 5.92. The van der Waals surface area contributed by atoms with Crippen LogP contribution in [0.25, 0.3) is 10.9 Å². The lowest BCUT2D eigenvalue weighted by atomic mass is 10.2. The fraction of sp³-hybridized carbons (Fsp3) is 0.222. The van der Waals surface area contributed by atoms with Crippen LogP contribution in [-0.2, 0) is 4.79 Å². The topological polar surface area (TPSA) is 56.1 Å². The van der Waals surface area contributed by atoms with E-state index in [1.54, 1.807) is 24.5 Å². The van der Waals surface area contributed by atoms with E-state index in [1.165, 1.54) is 0 Å². The predicted molar refractivity (Wildman–Crippen MR) is 90.7 cm³/mol. The molecule has 0 atom stereocenters. The molecule has 0 fully saturated rings. The monoisotopic (exact) mass is 309 g/mol. The number of anilines is 1. The highest BCUT2D eigenvalue weighted by Gasteiger charge is 2.10. The number of aromatic nitrogens is 2. The molecule has 0 spiro atoms. The number of hydrogen-bond acceptors (Lipinski definition) is 3. The van der Waals surface area contributed by atoms with Crippen molar-refractivity contribution < 1.29 is 9.53 Å². The number of hydrogen-bond donors (Lipinski definition) is 1. The number of pyridine rings is 1. The van der Waals surface area contributed by atoms with Gasteiger partial charge in [0.25, 0.3) is 5.91 Å². The van der Waals surface area contributed by atoms with Gasteiger partial charge in [0.2, 0.25) is 0 Å². The van der Waals surface area contributed by atoms with Gasteiger partial charge in [-0.3, -0.25) is 9.78 Å². The van der Waals surface area contributed by atoms with Gasteiger partial charge in [-0.25, -0.2) is 0 Å². The van der Waals surface area contributed by atoms with Crippen LogP contribution in [0, 0.1) is 0 Å². The minimum Gasteiger partial charge on any atom is -0.483 e. The molecule has 0 aliphatic heterocycles. The van der Waals surface area contributed by atoms with E-state index >= 15 is 0 Å². The predicted octanol–water partition coefficient (Wildman–Crippen LogP) is 3.63. The van der Waals surface area contributed by atoms with Crippen LogP contribution in [0.3, 0.4) is 0 Å². The van der Waals surface area contributed by atoms with Gasteiger partial charge in [-0.05, 0) is 44.2 Å². The largest absolute Gasteiger partial charge is 0.483 e. The van der Waals surface area contributed by atoms with Crippen LogP contribution in [0.4, 0.5) is 5.69 Å². The third-order valence-corrected chi connectivity index (χ3v) is 3.60. The molecule has 23 heavy (non-hydrogen) atoms. The van der Waals surface area contributed by atoms with Crippen molar-refractivity contribution in [3.05, 3.63) is 55.0 Å². The van der Waals surface area contributed by atoms with Crippen LogP contribution in [0.2, 0.25) is 0 Å². The standard InChI is InChI=1S/C18H19N3O2/c1-13(2)21-11-8-15-16(21)4-3-5-17(15)23-12-18(22)20-14-6-9-19-10-7-14/h3-11,13H,12H2,1-2H3,(H,19,20,22). The number of ether oxygens (including phenoxy) is 1. The molecule has 3 rings (SSSR count). The maximum Gasteiger partial charge on any atom is 0.262 e. The minimum absolute atomic E-state index is 0.0334. The first-order valence-electron chi connectivity index (χ1n) is 7.57. The zero-order valence-electron chi connectivity index (χ0n) is 13.2. The highest BCUT2D eigenvalue weighted by atomic mass is 16.5. The molecule has 0 aliphatic carbocycles. The Balaban J connectivity index is 1.71. The van der Waals surface area contributed by atoms with E-state index in [0.29, 0.717) is 17.5 Å². The number of benzene rings is 1. The zero-order chi connectivity index (χ0) is 16.2. The summed E-state index contributed by atoms with van der Waals surface area (Å²) in [4.78, 5) is 15.9. The molecule has 5 heteroatoms. The quantitative estimate of drug-likeness (QED) is 0.783. The number of amides is 1. The van der Waals surface area contributed by atoms with Crippen LogP contribution in [-0.4, -0.2) is 22.1 Å². The molecule has 1 amide bonds. The molecular weight excluding hydrogens is 290 g/mol. The lowest BCUT2D eigenvalue weighted by Gasteiger charge is -2.11. The highest BCUT2D eigenvalue weighted by Crippen LogP contribution is 2.28. The first kappa shape index (κ1) is 15.1. The van der Waals surface area contributed by atoms with Crippen LogP contribution in [0.1, 0.15) is 19.9 Å². The Morgan fingerprint density at radius 3 is 2.74 bits per heavy atom. The first-order valence-corrected chi connectivity index (χ1v) is 7.57. The fourth-order valence-corrected chi connectivity index (χ4v) is 2.51. The van der Waals surface area contributed by atoms with E-state index in [-0.39, 0.29) is 12.5 Å². The summed E-state index contributed by atoms with van der Waals surface area (Å²) in [5.74, 6) is 0.517. The Bertz CT molecular complexity index is 810. The van der Waals surface area contributed by atoms with Crippen molar-refractivity contribution in [3.63, 3.8) is 0 Å². The first-order chi connectivity index (χ1) is 11.1. The molecule has 118 valence electrons. The summed E-state index contributed by atoms with van der Waals surface area (Å²) < 4.78 is 7.89. The summed E-state index contributed by atoms with van der Waals surface area (Å²) in [5, 5.41) is 3.79. The van der Waals surface area contributed by atoms with Crippen molar-refractivity contribution >= 4 is 22.5 Å². The lowest BCUT2D eigenvalue weighted by Crippen LogP contribution is -2.20. The maximum absolute atomic E-state index is 12.0. The van der Waals surface area contributed by atoms with Gasteiger partial charge in [-0.1, -0.05) is 6.07 Å². The summed E-state index contributed by atoms with van der Waals surface area (Å²) in [6.45, 7) is 4.23. The molecule has 0 saturated heterocycles. The van der Waals surface area contributed by atoms with Crippen molar-refractivity contribution in [1.82, 2.24) is 9.55 Å². The number of nitrogens with one attached hydrogen (secondary N) is 1. The zero-order valence-corrected chi connectivity index (χ0v) is 13.2. The summed E-state index contributed by atoms with van der Waals surface area (Å²) in [6.07, 6.45) is 5.30. The van der Waals surface area contributed by atoms with E-state index in [2.05, 4.69) is 34.8 Å². The van der Waals surface area contributed by atoms with Crippen molar-refractivity contribution in [1.29, 1.82) is 0 Å². The Hall–Kier alpha value is -2.82. The molecule has 1 aromatic carbocycles. The summed E-state index contributed by atoms with van der Waals surface area (Å²) >= 11 is 0. The van der Waals surface area contributed by atoms with Gasteiger partial charge in [0.05, 0.1) is 5.52 Å². The Morgan fingerprint density at radius 2 is 2.00 bits per heavy atom. The molecule has 0 radical (unpaired) electrons. The van der Waals surface area contributed by atoms with Gasteiger partial charge >= 0.3 is 0 Å². The average Bonchev–Trinajstić information content (AvgIpc) is 2.98. The van der Waals surface area contributed by atoms with E-state index in [1.807, 2.05) is 24.4 Å². The molecule has 0 bridgehead atoms. The number of carbonyl (C=O) groups is 1. The number of rotatable bonds is 5. The van der Waals surface area contributed by atoms with Crippen molar-refractivity contribution in [2.75, 3.05) is 11.9 Å². The number of nitrogens with zero attached hydrogens (tertiary/aromatic N) is 2. The van der Waals surface area contributed by atoms with Gasteiger partial charge in [0.1, 0.15) is 5.75 Å². The second kappa shape index (κ2) is 6.52. The number of fused-ring (bicyclic) bond motifs is 1. The molecular formula is C18H19N3O2. The molecule has 0 saturated carbocycles. The average molecular weight is 309 g/mol. The minimum atomic E-state index is -0.198. The maximum atomic E-state index is 12.0. The molecule has 0 unspecified atom stereocenters. The molecule has 5 nitrogen and oxygen atoms in total.